The Morgan fingerprint density at radius 1 is 1.08 bits per heavy atom. The van der Waals surface area contributed by atoms with Crippen LogP contribution in [0.3, 0.4) is 0 Å². The summed E-state index contributed by atoms with van der Waals surface area (Å²) in [5, 5.41) is 0. The smallest absolute Gasteiger partial charge is 0.320 e. The highest BCUT2D eigenvalue weighted by Gasteiger charge is 2.41. The lowest BCUT2D eigenvalue weighted by atomic mass is 9.75. The van der Waals surface area contributed by atoms with Gasteiger partial charge in [-0.2, -0.15) is 0 Å². The van der Waals surface area contributed by atoms with Gasteiger partial charge in [-0.3, -0.25) is 4.90 Å². The normalized spacial score (nSPS) is 26.7. The van der Waals surface area contributed by atoms with Crippen molar-refractivity contribution in [3.8, 4) is 0 Å². The number of benzene rings is 1. The minimum atomic E-state index is 0.170. The first kappa shape index (κ1) is 15.9. The van der Waals surface area contributed by atoms with Crippen LogP contribution in [0.25, 0.3) is 0 Å². The predicted molar refractivity (Wildman–Crippen MR) is 93.1 cm³/mol. The number of morpholine rings is 1. The van der Waals surface area contributed by atoms with E-state index in [1.54, 1.807) is 0 Å². The molecule has 0 aliphatic carbocycles. The monoisotopic (exact) mass is 329 g/mol. The fourth-order valence-corrected chi connectivity index (χ4v) is 4.43. The topological polar surface area (TPSA) is 36.0 Å². The van der Waals surface area contributed by atoms with E-state index in [1.165, 1.54) is 11.1 Å². The molecule has 0 saturated carbocycles. The summed E-state index contributed by atoms with van der Waals surface area (Å²) in [6.45, 7) is 11.0. The van der Waals surface area contributed by atoms with Crippen LogP contribution in [0.1, 0.15) is 31.0 Å². The third-order valence-corrected chi connectivity index (χ3v) is 5.69. The van der Waals surface area contributed by atoms with Gasteiger partial charge in [0.2, 0.25) is 0 Å². The van der Waals surface area contributed by atoms with Gasteiger partial charge in [0.1, 0.15) is 0 Å². The van der Waals surface area contributed by atoms with Gasteiger partial charge in [0.25, 0.3) is 0 Å². The first-order valence-electron chi connectivity index (χ1n) is 9.01. The number of piperazine rings is 1. The number of urea groups is 1. The Morgan fingerprint density at radius 2 is 1.83 bits per heavy atom. The zero-order valence-corrected chi connectivity index (χ0v) is 14.7. The first-order valence-corrected chi connectivity index (χ1v) is 9.01. The lowest BCUT2D eigenvalue weighted by Gasteiger charge is -2.50. The molecule has 0 bridgehead atoms. The summed E-state index contributed by atoms with van der Waals surface area (Å²) in [5.41, 5.74) is 3.00. The third-order valence-electron chi connectivity index (χ3n) is 5.69. The van der Waals surface area contributed by atoms with Crippen molar-refractivity contribution in [1.82, 2.24) is 14.7 Å². The number of ether oxygens (including phenoxy) is 1. The molecule has 1 unspecified atom stereocenters. The Labute approximate surface area is 144 Å². The van der Waals surface area contributed by atoms with Crippen molar-refractivity contribution in [2.75, 3.05) is 52.5 Å². The van der Waals surface area contributed by atoms with Gasteiger partial charge in [-0.05, 0) is 11.1 Å². The number of rotatable bonds is 0. The highest BCUT2D eigenvalue weighted by molar-refractivity contribution is 5.75. The highest BCUT2D eigenvalue weighted by Crippen LogP contribution is 2.41. The molecule has 1 aromatic carbocycles. The lowest BCUT2D eigenvalue weighted by Crippen LogP contribution is -2.58. The molecule has 1 aromatic rings. The second kappa shape index (κ2) is 6.05. The van der Waals surface area contributed by atoms with Gasteiger partial charge < -0.3 is 14.5 Å². The molecule has 2 amide bonds. The van der Waals surface area contributed by atoms with Crippen LogP contribution < -0.4 is 0 Å². The Bertz CT molecular complexity index is 625. The molecule has 3 aliphatic heterocycles. The molecular weight excluding hydrogens is 302 g/mol. The third kappa shape index (κ3) is 2.70. The van der Waals surface area contributed by atoms with Gasteiger partial charge in [-0.25, -0.2) is 4.79 Å². The van der Waals surface area contributed by atoms with Gasteiger partial charge in [-0.1, -0.05) is 38.1 Å². The predicted octanol–water partition coefficient (Wildman–Crippen LogP) is 2.09. The standard InChI is InChI=1S/C19H27N3O2/c1-19(2)14-22-8-7-21(18(23)20-9-11-24-12-10-20)13-17(22)15-5-3-4-6-16(15)19/h3-6,17H,7-14H2,1-2H3. The second-order valence-electron chi connectivity index (χ2n) is 7.79. The summed E-state index contributed by atoms with van der Waals surface area (Å²) in [5.74, 6) is 0. The molecule has 3 heterocycles. The summed E-state index contributed by atoms with van der Waals surface area (Å²) in [6, 6.07) is 9.27. The summed E-state index contributed by atoms with van der Waals surface area (Å²) in [4.78, 5) is 19.4. The van der Waals surface area contributed by atoms with Crippen molar-refractivity contribution in [3.05, 3.63) is 35.4 Å². The van der Waals surface area contributed by atoms with E-state index in [2.05, 4.69) is 43.0 Å². The van der Waals surface area contributed by atoms with Gasteiger partial charge >= 0.3 is 6.03 Å². The van der Waals surface area contributed by atoms with Crippen LogP contribution in [-0.2, 0) is 10.2 Å². The number of fused-ring (bicyclic) bond motifs is 3. The van der Waals surface area contributed by atoms with Crippen LogP contribution in [-0.4, -0.2) is 73.2 Å². The summed E-state index contributed by atoms with van der Waals surface area (Å²) >= 11 is 0. The summed E-state index contributed by atoms with van der Waals surface area (Å²) in [7, 11) is 0. The van der Waals surface area contributed by atoms with E-state index in [4.69, 9.17) is 4.74 Å². The highest BCUT2D eigenvalue weighted by atomic mass is 16.5. The summed E-state index contributed by atoms with van der Waals surface area (Å²) < 4.78 is 5.37. The SMILES string of the molecule is CC1(C)CN2CCN(C(=O)N3CCOCC3)CC2c2ccccc21. The van der Waals surface area contributed by atoms with Gasteiger partial charge in [0, 0.05) is 44.7 Å². The maximum absolute atomic E-state index is 12.8. The molecule has 5 heteroatoms. The van der Waals surface area contributed by atoms with E-state index in [1.807, 2.05) is 9.80 Å². The van der Waals surface area contributed by atoms with E-state index in [-0.39, 0.29) is 11.4 Å². The van der Waals surface area contributed by atoms with E-state index < -0.39 is 0 Å². The van der Waals surface area contributed by atoms with Crippen molar-refractivity contribution in [1.29, 1.82) is 0 Å². The molecule has 0 spiro atoms. The molecule has 0 radical (unpaired) electrons. The average molecular weight is 329 g/mol. The fourth-order valence-electron chi connectivity index (χ4n) is 4.43. The van der Waals surface area contributed by atoms with Crippen molar-refractivity contribution in [3.63, 3.8) is 0 Å². The molecule has 0 aromatic heterocycles. The Hall–Kier alpha value is -1.59. The van der Waals surface area contributed by atoms with Gasteiger partial charge in [0.05, 0.1) is 19.3 Å². The largest absolute Gasteiger partial charge is 0.378 e. The molecule has 3 aliphatic rings. The molecule has 1 atom stereocenters. The molecular formula is C19H27N3O2. The van der Waals surface area contributed by atoms with Crippen LogP contribution in [0.15, 0.2) is 24.3 Å². The number of hydrogen-bond acceptors (Lipinski definition) is 3. The Kier molecular flexibility index (Phi) is 4.01. The first-order chi connectivity index (χ1) is 11.6. The molecule has 4 rings (SSSR count). The number of nitrogens with zero attached hydrogens (tertiary/aromatic N) is 3. The van der Waals surface area contributed by atoms with Gasteiger partial charge in [0.15, 0.2) is 0 Å². The molecule has 5 nitrogen and oxygen atoms in total. The Morgan fingerprint density at radius 3 is 2.62 bits per heavy atom. The molecule has 2 saturated heterocycles. The zero-order chi connectivity index (χ0) is 16.7. The second-order valence-corrected chi connectivity index (χ2v) is 7.79. The average Bonchev–Trinajstić information content (AvgIpc) is 2.61. The van der Waals surface area contributed by atoms with E-state index in [0.717, 1.165) is 26.2 Å². The minimum Gasteiger partial charge on any atom is -0.378 e. The zero-order valence-electron chi connectivity index (χ0n) is 14.7. The maximum Gasteiger partial charge on any atom is 0.320 e. The van der Waals surface area contributed by atoms with E-state index in [0.29, 0.717) is 32.3 Å². The van der Waals surface area contributed by atoms with Crippen LogP contribution in [0.4, 0.5) is 4.79 Å². The van der Waals surface area contributed by atoms with Crippen LogP contribution in [0.5, 0.6) is 0 Å². The van der Waals surface area contributed by atoms with Crippen LogP contribution in [0.2, 0.25) is 0 Å². The van der Waals surface area contributed by atoms with Crippen molar-refractivity contribution in [2.45, 2.75) is 25.3 Å². The molecule has 24 heavy (non-hydrogen) atoms. The van der Waals surface area contributed by atoms with Gasteiger partial charge in [-0.15, -0.1) is 0 Å². The molecule has 130 valence electrons. The minimum absolute atomic E-state index is 0.170. The maximum atomic E-state index is 12.8. The Balaban J connectivity index is 1.56. The van der Waals surface area contributed by atoms with Crippen molar-refractivity contribution < 1.29 is 9.53 Å². The number of carbonyl (C=O) groups excluding carboxylic acids is 1. The number of amides is 2. The van der Waals surface area contributed by atoms with Crippen LogP contribution >= 0.6 is 0 Å². The van der Waals surface area contributed by atoms with Crippen LogP contribution in [0, 0.1) is 0 Å². The number of hydrogen-bond donors (Lipinski definition) is 0. The fraction of sp³-hybridized carbons (Fsp3) is 0.632. The van der Waals surface area contributed by atoms with Crippen molar-refractivity contribution >= 4 is 6.03 Å². The van der Waals surface area contributed by atoms with E-state index in [9.17, 15) is 4.79 Å². The van der Waals surface area contributed by atoms with E-state index >= 15 is 0 Å². The quantitative estimate of drug-likeness (QED) is 0.731. The number of carbonyl (C=O) groups is 1. The lowest BCUT2D eigenvalue weighted by molar-refractivity contribution is 0.0228. The molecule has 0 N–H and O–H groups in total. The summed E-state index contributed by atoms with van der Waals surface area (Å²) in [6.07, 6.45) is 0. The van der Waals surface area contributed by atoms with Crippen molar-refractivity contribution in [2.24, 2.45) is 0 Å². The molecule has 2 fully saturated rings.